The Morgan fingerprint density at radius 1 is 1.07 bits per heavy atom. The third-order valence-electron chi connectivity index (χ3n) is 3.79. The number of nitro groups is 1. The van der Waals surface area contributed by atoms with E-state index in [9.17, 15) is 14.9 Å². The van der Waals surface area contributed by atoms with Crippen molar-refractivity contribution in [3.05, 3.63) is 57.6 Å². The Kier molecular flexibility index (Phi) is 6.37. The van der Waals surface area contributed by atoms with Crippen molar-refractivity contribution >= 4 is 23.4 Å². The number of carbonyl (C=O) groups excluding carboxylic acids is 1. The maximum atomic E-state index is 12.2. The summed E-state index contributed by atoms with van der Waals surface area (Å²) in [6.45, 7) is 1.69. The van der Waals surface area contributed by atoms with E-state index in [1.54, 1.807) is 25.1 Å². The topological polar surface area (TPSA) is 99.9 Å². The number of carbonyl (C=O) groups is 1. The lowest BCUT2D eigenvalue weighted by Crippen LogP contribution is -2.09. The highest BCUT2D eigenvalue weighted by molar-refractivity contribution is 6.02. The van der Waals surface area contributed by atoms with Crippen LogP contribution in [0.4, 0.5) is 11.4 Å². The number of methoxy groups -OCH3 is 3. The van der Waals surface area contributed by atoms with Crippen LogP contribution in [0.15, 0.2) is 36.4 Å². The van der Waals surface area contributed by atoms with Crippen LogP contribution in [0.3, 0.4) is 0 Å². The van der Waals surface area contributed by atoms with Crippen molar-refractivity contribution in [1.29, 1.82) is 0 Å². The number of ether oxygens (including phenoxy) is 3. The minimum absolute atomic E-state index is 0.0292. The largest absolute Gasteiger partial charge is 0.493 e. The summed E-state index contributed by atoms with van der Waals surface area (Å²) in [4.78, 5) is 22.5. The van der Waals surface area contributed by atoms with Gasteiger partial charge in [0.05, 0.1) is 26.3 Å². The predicted molar refractivity (Wildman–Crippen MR) is 102 cm³/mol. The Balaban J connectivity index is 2.18. The summed E-state index contributed by atoms with van der Waals surface area (Å²) in [5.41, 5.74) is 1.75. The molecule has 0 heterocycles. The molecule has 0 saturated heterocycles. The van der Waals surface area contributed by atoms with Gasteiger partial charge in [-0.1, -0.05) is 0 Å². The van der Waals surface area contributed by atoms with Crippen molar-refractivity contribution in [1.82, 2.24) is 0 Å². The van der Waals surface area contributed by atoms with Crippen LogP contribution in [0.25, 0.3) is 6.08 Å². The second-order valence-electron chi connectivity index (χ2n) is 5.54. The van der Waals surface area contributed by atoms with Gasteiger partial charge in [-0.3, -0.25) is 14.9 Å². The molecule has 0 aliphatic heterocycles. The van der Waals surface area contributed by atoms with E-state index in [4.69, 9.17) is 14.2 Å². The Morgan fingerprint density at radius 3 is 2.19 bits per heavy atom. The van der Waals surface area contributed by atoms with Gasteiger partial charge in [-0.2, -0.15) is 0 Å². The number of nitrogens with one attached hydrogen (secondary N) is 1. The normalized spacial score (nSPS) is 10.5. The van der Waals surface area contributed by atoms with E-state index in [1.165, 1.54) is 45.6 Å². The minimum Gasteiger partial charge on any atom is -0.493 e. The first-order chi connectivity index (χ1) is 12.9. The Hall–Kier alpha value is -3.55. The predicted octanol–water partition coefficient (Wildman–Crippen LogP) is 3.58. The number of hydrogen-bond acceptors (Lipinski definition) is 6. The summed E-state index contributed by atoms with van der Waals surface area (Å²) in [6, 6.07) is 7.66. The second-order valence-corrected chi connectivity index (χ2v) is 5.54. The molecule has 1 amide bonds. The lowest BCUT2D eigenvalue weighted by molar-refractivity contribution is -0.384. The van der Waals surface area contributed by atoms with Crippen molar-refractivity contribution in [3.8, 4) is 17.2 Å². The smallest absolute Gasteiger partial charge is 0.269 e. The number of non-ortho nitro benzene ring substituents is 1. The van der Waals surface area contributed by atoms with Crippen molar-refractivity contribution in [2.24, 2.45) is 0 Å². The van der Waals surface area contributed by atoms with Crippen LogP contribution in [-0.4, -0.2) is 32.2 Å². The number of nitro benzene ring substituents is 1. The lowest BCUT2D eigenvalue weighted by atomic mass is 10.1. The molecule has 0 unspecified atom stereocenters. The zero-order valence-electron chi connectivity index (χ0n) is 15.4. The van der Waals surface area contributed by atoms with Gasteiger partial charge in [-0.25, -0.2) is 0 Å². The van der Waals surface area contributed by atoms with Crippen molar-refractivity contribution in [3.63, 3.8) is 0 Å². The third-order valence-corrected chi connectivity index (χ3v) is 3.79. The summed E-state index contributed by atoms with van der Waals surface area (Å²) in [6.07, 6.45) is 2.95. The molecule has 0 spiro atoms. The highest BCUT2D eigenvalue weighted by atomic mass is 16.6. The molecule has 0 radical (unpaired) electrons. The fraction of sp³-hybridized carbons (Fsp3) is 0.211. The molecule has 142 valence electrons. The van der Waals surface area contributed by atoms with Crippen LogP contribution in [-0.2, 0) is 4.79 Å². The summed E-state index contributed by atoms with van der Waals surface area (Å²) in [5, 5.41) is 13.5. The van der Waals surface area contributed by atoms with Crippen LogP contribution in [0.5, 0.6) is 17.2 Å². The van der Waals surface area contributed by atoms with Crippen molar-refractivity contribution < 1.29 is 23.9 Å². The molecule has 0 aliphatic carbocycles. The van der Waals surface area contributed by atoms with Gasteiger partial charge in [-0.15, -0.1) is 0 Å². The molecule has 8 heteroatoms. The molecular weight excluding hydrogens is 352 g/mol. The molecule has 0 saturated carbocycles. The molecule has 0 aromatic heterocycles. The highest BCUT2D eigenvalue weighted by Gasteiger charge is 2.12. The van der Waals surface area contributed by atoms with Crippen molar-refractivity contribution in [2.75, 3.05) is 26.6 Å². The average molecular weight is 372 g/mol. The molecule has 27 heavy (non-hydrogen) atoms. The fourth-order valence-electron chi connectivity index (χ4n) is 2.45. The van der Waals surface area contributed by atoms with Gasteiger partial charge in [0.2, 0.25) is 11.7 Å². The van der Waals surface area contributed by atoms with E-state index < -0.39 is 4.92 Å². The van der Waals surface area contributed by atoms with Gasteiger partial charge >= 0.3 is 0 Å². The van der Waals surface area contributed by atoms with E-state index in [0.29, 0.717) is 34.1 Å². The number of amides is 1. The van der Waals surface area contributed by atoms with Crippen LogP contribution >= 0.6 is 0 Å². The average Bonchev–Trinajstić information content (AvgIpc) is 2.66. The third kappa shape index (κ3) is 4.75. The first-order valence-electron chi connectivity index (χ1n) is 7.93. The van der Waals surface area contributed by atoms with Gasteiger partial charge in [0.1, 0.15) is 0 Å². The number of aryl methyl sites for hydroxylation is 1. The van der Waals surface area contributed by atoms with Crippen LogP contribution in [0.1, 0.15) is 11.1 Å². The summed E-state index contributed by atoms with van der Waals surface area (Å²) < 4.78 is 15.8. The fourth-order valence-corrected chi connectivity index (χ4v) is 2.45. The maximum absolute atomic E-state index is 12.2. The lowest BCUT2D eigenvalue weighted by Gasteiger charge is -2.12. The summed E-state index contributed by atoms with van der Waals surface area (Å²) in [7, 11) is 4.53. The van der Waals surface area contributed by atoms with E-state index in [-0.39, 0.29) is 11.6 Å². The molecular formula is C19H20N2O6. The van der Waals surface area contributed by atoms with E-state index >= 15 is 0 Å². The Bertz CT molecular complexity index is 867. The van der Waals surface area contributed by atoms with Gasteiger partial charge in [0.15, 0.2) is 11.5 Å². The molecule has 1 N–H and O–H groups in total. The molecule has 0 bridgehead atoms. The number of benzene rings is 2. The minimum atomic E-state index is -0.483. The summed E-state index contributed by atoms with van der Waals surface area (Å²) >= 11 is 0. The van der Waals surface area contributed by atoms with Crippen molar-refractivity contribution in [2.45, 2.75) is 6.92 Å². The van der Waals surface area contributed by atoms with Gasteiger partial charge in [-0.05, 0) is 42.3 Å². The SMILES string of the molecule is COc1cc(C=CC(=O)Nc2ccc([N+](=O)[O-])cc2C)cc(OC)c1OC. The van der Waals surface area contributed by atoms with Gasteiger partial charge < -0.3 is 19.5 Å². The van der Waals surface area contributed by atoms with E-state index in [1.807, 2.05) is 0 Å². The standard InChI is InChI=1S/C19H20N2O6/c1-12-9-14(21(23)24)6-7-15(12)20-18(22)8-5-13-10-16(25-2)19(27-4)17(11-13)26-3/h5-11H,1-4H3,(H,20,22). The van der Waals surface area contributed by atoms with Crippen LogP contribution in [0.2, 0.25) is 0 Å². The van der Waals surface area contributed by atoms with Gasteiger partial charge in [0.25, 0.3) is 5.69 Å². The molecule has 0 fully saturated rings. The molecule has 0 atom stereocenters. The second kappa shape index (κ2) is 8.70. The zero-order chi connectivity index (χ0) is 20.0. The Labute approximate surface area is 156 Å². The number of hydrogen-bond donors (Lipinski definition) is 1. The molecule has 2 rings (SSSR count). The van der Waals surface area contributed by atoms with E-state index in [0.717, 1.165) is 0 Å². The quantitative estimate of drug-likeness (QED) is 0.453. The summed E-state index contributed by atoms with van der Waals surface area (Å²) in [5.74, 6) is 1.04. The number of nitrogens with zero attached hydrogens (tertiary/aromatic N) is 1. The number of anilines is 1. The molecule has 0 aliphatic rings. The monoisotopic (exact) mass is 372 g/mol. The molecule has 2 aromatic carbocycles. The maximum Gasteiger partial charge on any atom is 0.269 e. The van der Waals surface area contributed by atoms with Crippen LogP contribution < -0.4 is 19.5 Å². The van der Waals surface area contributed by atoms with Crippen LogP contribution in [0, 0.1) is 17.0 Å². The zero-order valence-corrected chi connectivity index (χ0v) is 15.4. The first-order valence-corrected chi connectivity index (χ1v) is 7.93. The first kappa shape index (κ1) is 19.8. The van der Waals surface area contributed by atoms with Gasteiger partial charge in [0, 0.05) is 23.9 Å². The number of rotatable bonds is 7. The molecule has 8 nitrogen and oxygen atoms in total. The molecule has 2 aromatic rings. The Morgan fingerprint density at radius 2 is 1.70 bits per heavy atom. The van der Waals surface area contributed by atoms with E-state index in [2.05, 4.69) is 5.32 Å². The highest BCUT2D eigenvalue weighted by Crippen LogP contribution is 2.38.